The Morgan fingerprint density at radius 2 is 1.62 bits per heavy atom. The first-order chi connectivity index (χ1) is 18.3. The van der Waals surface area contributed by atoms with Crippen LogP contribution in [-0.4, -0.2) is 76.1 Å². The van der Waals surface area contributed by atoms with Gasteiger partial charge in [0.1, 0.15) is 17.7 Å². The Labute approximate surface area is 231 Å². The number of hydrogen-bond acceptors (Lipinski definition) is 6. The monoisotopic (exact) mass is 575 g/mol. The summed E-state index contributed by atoms with van der Waals surface area (Å²) in [7, 11) is 0. The van der Waals surface area contributed by atoms with E-state index in [1.54, 1.807) is 20.8 Å². The van der Waals surface area contributed by atoms with Crippen LogP contribution in [0.5, 0.6) is 0 Å². The van der Waals surface area contributed by atoms with Crippen LogP contribution in [0.2, 0.25) is 0 Å². The molecule has 13 heteroatoms. The second-order valence-corrected chi connectivity index (χ2v) is 12.8. The number of carboxylic acids is 1. The highest BCUT2D eigenvalue weighted by Gasteiger charge is 2.69. The Kier molecular flexibility index (Phi) is 9.15. The van der Waals surface area contributed by atoms with E-state index in [0.29, 0.717) is 12.8 Å². The van der Waals surface area contributed by atoms with Crippen LogP contribution in [0.15, 0.2) is 0 Å². The second kappa shape index (κ2) is 11.6. The predicted molar refractivity (Wildman–Crippen MR) is 136 cm³/mol. The normalized spacial score (nSPS) is 25.8. The number of likely N-dealkylation sites (tertiary alicyclic amines) is 1. The Hall–Kier alpha value is -2.86. The van der Waals surface area contributed by atoms with Crippen molar-refractivity contribution in [2.24, 2.45) is 23.2 Å². The summed E-state index contributed by atoms with van der Waals surface area (Å²) in [5.74, 6) is -5.53. The molecule has 3 amide bonds. The molecule has 0 aromatic heterocycles. The lowest BCUT2D eigenvalue weighted by atomic mass is 9.83. The fraction of sp³-hybridized carbons (Fsp3) is 0.815. The highest BCUT2D eigenvalue weighted by atomic mass is 19.4. The molecule has 10 nitrogen and oxygen atoms in total. The van der Waals surface area contributed by atoms with E-state index in [1.165, 1.54) is 4.90 Å². The third kappa shape index (κ3) is 7.45. The number of nitrogens with one attached hydrogen (secondary N) is 2. The number of halogens is 3. The van der Waals surface area contributed by atoms with Crippen LogP contribution in [0.4, 0.5) is 18.0 Å². The van der Waals surface area contributed by atoms with Crippen LogP contribution in [0, 0.1) is 23.2 Å². The van der Waals surface area contributed by atoms with Gasteiger partial charge in [-0.15, -0.1) is 0 Å². The molecule has 0 spiro atoms. The molecule has 3 aliphatic rings. The summed E-state index contributed by atoms with van der Waals surface area (Å²) in [6.45, 7) is 9.07. The fourth-order valence-electron chi connectivity index (χ4n) is 6.26. The van der Waals surface area contributed by atoms with E-state index in [1.807, 2.05) is 13.8 Å². The number of nitrogens with zero attached hydrogens (tertiary/aromatic N) is 1. The van der Waals surface area contributed by atoms with Crippen LogP contribution >= 0.6 is 0 Å². The van der Waals surface area contributed by atoms with E-state index >= 15 is 0 Å². The second-order valence-electron chi connectivity index (χ2n) is 12.8. The number of aliphatic carboxylic acids is 1. The van der Waals surface area contributed by atoms with Gasteiger partial charge in [0.25, 0.3) is 5.78 Å². The molecule has 3 N–H and O–H groups in total. The Morgan fingerprint density at radius 1 is 1.02 bits per heavy atom. The number of hydrogen-bond donors (Lipinski definition) is 3. The molecule has 2 saturated carbocycles. The molecular weight excluding hydrogens is 535 g/mol. The third-order valence-electron chi connectivity index (χ3n) is 8.38. The molecular formula is C27H40F3N3O7. The van der Waals surface area contributed by atoms with Crippen LogP contribution in [0.25, 0.3) is 0 Å². The molecule has 2 aliphatic carbocycles. The zero-order chi connectivity index (χ0) is 30.2. The van der Waals surface area contributed by atoms with Gasteiger partial charge < -0.3 is 25.4 Å². The number of carboxylic acid groups (broad SMARTS) is 1. The molecule has 0 radical (unpaired) electrons. The minimum absolute atomic E-state index is 0.0791. The average molecular weight is 576 g/mol. The number of fused-ring (bicyclic) bond motifs is 1. The van der Waals surface area contributed by atoms with Crippen LogP contribution in [0.1, 0.15) is 79.6 Å². The van der Waals surface area contributed by atoms with Gasteiger partial charge in [-0.1, -0.05) is 33.1 Å². The molecule has 0 aromatic carbocycles. The van der Waals surface area contributed by atoms with Gasteiger partial charge in [0.05, 0.1) is 6.04 Å². The first-order valence-electron chi connectivity index (χ1n) is 13.8. The molecule has 1 saturated heterocycles. The van der Waals surface area contributed by atoms with Crippen molar-refractivity contribution in [3.05, 3.63) is 0 Å². The van der Waals surface area contributed by atoms with Gasteiger partial charge >= 0.3 is 18.2 Å². The summed E-state index contributed by atoms with van der Waals surface area (Å²) in [4.78, 5) is 65.0. The number of ether oxygens (including phenoxy) is 1. The number of alkyl carbamates (subject to hydrolysis) is 1. The zero-order valence-corrected chi connectivity index (χ0v) is 23.6. The fourth-order valence-corrected chi connectivity index (χ4v) is 6.26. The quantitative estimate of drug-likeness (QED) is 0.358. The predicted octanol–water partition coefficient (Wildman–Crippen LogP) is 3.42. The largest absolute Gasteiger partial charge is 0.475 e. The van der Waals surface area contributed by atoms with Crippen molar-refractivity contribution >= 4 is 29.7 Å². The van der Waals surface area contributed by atoms with Crippen molar-refractivity contribution in [2.75, 3.05) is 6.54 Å². The molecule has 1 aliphatic heterocycles. The van der Waals surface area contributed by atoms with Gasteiger partial charge in [0, 0.05) is 13.0 Å². The molecule has 3 fully saturated rings. The Bertz CT molecular complexity index is 1020. The van der Waals surface area contributed by atoms with Crippen molar-refractivity contribution in [1.82, 2.24) is 15.5 Å². The van der Waals surface area contributed by atoms with E-state index in [0.717, 1.165) is 19.3 Å². The lowest BCUT2D eigenvalue weighted by Crippen LogP contribution is -2.59. The first kappa shape index (κ1) is 31.7. The highest BCUT2D eigenvalue weighted by Crippen LogP contribution is 2.65. The number of Topliss-reactive ketones (excluding diaryl/α,β-unsaturated/α-hetero) is 1. The molecule has 1 heterocycles. The summed E-state index contributed by atoms with van der Waals surface area (Å²) in [6.07, 6.45) is -3.76. The smallest absolute Gasteiger partial charge is 0.408 e. The van der Waals surface area contributed by atoms with E-state index in [-0.39, 0.29) is 29.7 Å². The number of carbonyl (C=O) groups excluding carboxylic acids is 4. The van der Waals surface area contributed by atoms with Crippen molar-refractivity contribution in [2.45, 2.75) is 109 Å². The lowest BCUT2D eigenvalue weighted by Gasteiger charge is -2.37. The number of amides is 3. The van der Waals surface area contributed by atoms with Gasteiger partial charge in [-0.05, 0) is 63.2 Å². The van der Waals surface area contributed by atoms with Crippen LogP contribution in [0.3, 0.4) is 0 Å². The number of rotatable bonds is 9. The number of alkyl halides is 3. The Balaban J connectivity index is 1.86. The maximum atomic E-state index is 14.0. The summed E-state index contributed by atoms with van der Waals surface area (Å²) in [6, 6.07) is -4.01. The van der Waals surface area contributed by atoms with Gasteiger partial charge in [0.2, 0.25) is 11.8 Å². The molecule has 0 bridgehead atoms. The van der Waals surface area contributed by atoms with Crippen molar-refractivity contribution in [3.8, 4) is 0 Å². The minimum atomic E-state index is -4.67. The molecule has 5 atom stereocenters. The van der Waals surface area contributed by atoms with E-state index < -0.39 is 72.4 Å². The molecule has 226 valence electrons. The summed E-state index contributed by atoms with van der Waals surface area (Å²) >= 11 is 0. The highest BCUT2D eigenvalue weighted by molar-refractivity contribution is 6.35. The van der Waals surface area contributed by atoms with Gasteiger partial charge in [-0.3, -0.25) is 14.4 Å². The zero-order valence-electron chi connectivity index (χ0n) is 23.6. The number of carbonyl (C=O) groups is 5. The topological polar surface area (TPSA) is 142 Å². The van der Waals surface area contributed by atoms with Gasteiger partial charge in [-0.2, -0.15) is 13.2 Å². The van der Waals surface area contributed by atoms with Gasteiger partial charge in [0.15, 0.2) is 0 Å². The molecule has 3 rings (SSSR count). The average Bonchev–Trinajstić information content (AvgIpc) is 3.15. The summed E-state index contributed by atoms with van der Waals surface area (Å²) in [5, 5.41) is 14.0. The summed E-state index contributed by atoms with van der Waals surface area (Å²) in [5.41, 5.74) is -1.16. The standard InChI is InChI=1S/C27H40F3N3O7/c1-25(2,3)40-24(39)32-18(14-9-7-6-8-10-14)22(36)33-13-15-17(26(15,4)5)19(33)21(35)31-16(20(34)23(37)38)11-12-27(28,29)30/h14-19H,6-13H2,1-5H3,(H,31,35)(H,32,39)(H,37,38)/t15-,16?,17-,18-,19-/m0/s1. The van der Waals surface area contributed by atoms with Gasteiger partial charge in [-0.25, -0.2) is 9.59 Å². The number of ketones is 1. The lowest BCUT2D eigenvalue weighted by molar-refractivity contribution is -0.153. The summed E-state index contributed by atoms with van der Waals surface area (Å²) < 4.78 is 44.0. The number of piperidine rings is 1. The minimum Gasteiger partial charge on any atom is -0.475 e. The third-order valence-corrected chi connectivity index (χ3v) is 8.38. The van der Waals surface area contributed by atoms with E-state index in [4.69, 9.17) is 9.84 Å². The van der Waals surface area contributed by atoms with E-state index in [2.05, 4.69) is 10.6 Å². The SMILES string of the molecule is CC(C)(C)OC(=O)N[C@H](C(=O)N1C[C@H]2[C@@H]([C@H]1C(=O)NC(CCC(F)(F)F)C(=O)C(=O)O)C2(C)C)C1CCCCC1. The van der Waals surface area contributed by atoms with Crippen molar-refractivity contribution < 1.29 is 47.0 Å². The van der Waals surface area contributed by atoms with Crippen LogP contribution in [-0.2, 0) is 23.9 Å². The van der Waals surface area contributed by atoms with Crippen molar-refractivity contribution in [3.63, 3.8) is 0 Å². The molecule has 1 unspecified atom stereocenters. The van der Waals surface area contributed by atoms with E-state index in [9.17, 15) is 37.1 Å². The first-order valence-corrected chi connectivity index (χ1v) is 13.8. The maximum Gasteiger partial charge on any atom is 0.408 e. The Morgan fingerprint density at radius 3 is 2.15 bits per heavy atom. The molecule has 40 heavy (non-hydrogen) atoms. The van der Waals surface area contributed by atoms with Crippen LogP contribution < -0.4 is 10.6 Å². The van der Waals surface area contributed by atoms with Crippen molar-refractivity contribution in [1.29, 1.82) is 0 Å². The molecule has 0 aromatic rings. The maximum absolute atomic E-state index is 14.0.